The summed E-state index contributed by atoms with van der Waals surface area (Å²) in [5.41, 5.74) is -0.214. The van der Waals surface area contributed by atoms with Crippen molar-refractivity contribution < 1.29 is 35.5 Å². The summed E-state index contributed by atoms with van der Waals surface area (Å²) in [6.45, 7) is 6.35. The van der Waals surface area contributed by atoms with Gasteiger partial charge in [0.2, 0.25) is 5.91 Å². The summed E-state index contributed by atoms with van der Waals surface area (Å²) in [7, 11) is 0. The van der Waals surface area contributed by atoms with Gasteiger partial charge in [0.15, 0.2) is 0 Å². The van der Waals surface area contributed by atoms with Crippen molar-refractivity contribution in [3.63, 3.8) is 0 Å². The molecular formula is C26H46NNaO7. The third-order valence-corrected chi connectivity index (χ3v) is 10.8. The molecule has 11 atom stereocenters. The molecule has 4 saturated carbocycles. The average Bonchev–Trinajstić information content (AvgIpc) is 3.11. The van der Waals surface area contributed by atoms with Gasteiger partial charge in [0, 0.05) is 6.42 Å². The molecule has 1 amide bonds. The van der Waals surface area contributed by atoms with Crippen molar-refractivity contribution in [1.82, 2.24) is 5.32 Å². The minimum atomic E-state index is -1.04. The monoisotopic (exact) mass is 507 g/mol. The zero-order valence-electron chi connectivity index (χ0n) is 20.9. The summed E-state index contributed by atoms with van der Waals surface area (Å²) in [5.74, 6) is 0.265. The number of carboxylic acid groups (broad SMARTS) is 1. The Kier molecular flexibility index (Phi) is 10.3. The average molecular weight is 508 g/mol. The maximum absolute atomic E-state index is 12.0. The first-order valence-corrected chi connectivity index (χ1v) is 13.0. The number of hydrogen-bond donors (Lipinski definition) is 5. The molecule has 4 rings (SSSR count). The third-order valence-electron chi connectivity index (χ3n) is 10.8. The second-order valence-electron chi connectivity index (χ2n) is 12.2. The van der Waals surface area contributed by atoms with Crippen molar-refractivity contribution in [3.05, 3.63) is 0 Å². The fourth-order valence-corrected chi connectivity index (χ4v) is 8.95. The van der Waals surface area contributed by atoms with Crippen LogP contribution in [0.5, 0.6) is 0 Å². The predicted molar refractivity (Wildman–Crippen MR) is 134 cm³/mol. The fraction of sp³-hybridized carbons (Fsp3) is 0.923. The van der Waals surface area contributed by atoms with E-state index in [9.17, 15) is 24.9 Å². The number of carboxylic acids is 1. The number of aliphatic hydroxyl groups excluding tert-OH is 3. The molecule has 4 aliphatic rings. The fourth-order valence-electron chi connectivity index (χ4n) is 8.95. The molecular weight excluding hydrogens is 461 g/mol. The summed E-state index contributed by atoms with van der Waals surface area (Å²) < 4.78 is 0. The van der Waals surface area contributed by atoms with E-state index in [0.29, 0.717) is 25.2 Å². The molecule has 8 nitrogen and oxygen atoms in total. The first-order valence-electron chi connectivity index (χ1n) is 13.0. The SMILES string of the molecule is C[C@H](CCC(=O)NCC(=O)O)[C@H]1CC[C@H]2[C@@H]3[C@H](O)C[C@@H]4C[C@H](O)CC[C@]4(C)[C@H]3C[C@H](O)[C@]12C.O.[NaH]. The van der Waals surface area contributed by atoms with Gasteiger partial charge < -0.3 is 31.2 Å². The Morgan fingerprint density at radius 1 is 1.03 bits per heavy atom. The summed E-state index contributed by atoms with van der Waals surface area (Å²) in [4.78, 5) is 22.7. The topological polar surface area (TPSA) is 159 Å². The summed E-state index contributed by atoms with van der Waals surface area (Å²) in [5, 5.41) is 44.4. The van der Waals surface area contributed by atoms with Crippen molar-refractivity contribution in [2.75, 3.05) is 6.54 Å². The van der Waals surface area contributed by atoms with Gasteiger partial charge in [0.1, 0.15) is 6.54 Å². The van der Waals surface area contributed by atoms with Crippen molar-refractivity contribution in [1.29, 1.82) is 0 Å². The molecule has 0 unspecified atom stereocenters. The number of rotatable bonds is 6. The number of carbonyl (C=O) groups excluding carboxylic acids is 1. The molecule has 0 aromatic heterocycles. The third kappa shape index (κ3) is 5.50. The van der Waals surface area contributed by atoms with E-state index in [4.69, 9.17) is 5.11 Å². The van der Waals surface area contributed by atoms with Gasteiger partial charge in [0.05, 0.1) is 18.3 Å². The Morgan fingerprint density at radius 3 is 2.37 bits per heavy atom. The Morgan fingerprint density at radius 2 is 1.71 bits per heavy atom. The van der Waals surface area contributed by atoms with E-state index in [1.54, 1.807) is 0 Å². The van der Waals surface area contributed by atoms with Crippen LogP contribution < -0.4 is 5.32 Å². The van der Waals surface area contributed by atoms with Crippen LogP contribution in [0.1, 0.15) is 78.6 Å². The Hall–Kier alpha value is -0.220. The van der Waals surface area contributed by atoms with E-state index in [1.807, 2.05) is 0 Å². The normalized spacial score (nSPS) is 45.0. The van der Waals surface area contributed by atoms with Gasteiger partial charge in [-0.15, -0.1) is 0 Å². The molecule has 35 heavy (non-hydrogen) atoms. The van der Waals surface area contributed by atoms with E-state index in [1.165, 1.54) is 0 Å². The van der Waals surface area contributed by atoms with E-state index in [-0.39, 0.29) is 100 Å². The van der Waals surface area contributed by atoms with Gasteiger partial charge >= 0.3 is 35.5 Å². The molecule has 4 fully saturated rings. The molecule has 0 spiro atoms. The second-order valence-corrected chi connectivity index (χ2v) is 12.2. The number of amides is 1. The predicted octanol–water partition coefficient (Wildman–Crippen LogP) is 1.09. The molecule has 198 valence electrons. The first kappa shape index (κ1) is 31.0. The molecule has 0 heterocycles. The van der Waals surface area contributed by atoms with Crippen LogP contribution in [0, 0.1) is 46.3 Å². The van der Waals surface area contributed by atoms with Crippen LogP contribution in [-0.2, 0) is 9.59 Å². The maximum atomic E-state index is 12.0. The van der Waals surface area contributed by atoms with Gasteiger partial charge in [-0.1, -0.05) is 20.8 Å². The van der Waals surface area contributed by atoms with Crippen LogP contribution in [-0.4, -0.2) is 92.2 Å². The van der Waals surface area contributed by atoms with E-state index in [0.717, 1.165) is 38.5 Å². The zero-order chi connectivity index (χ0) is 24.1. The number of carbonyl (C=O) groups is 2. The van der Waals surface area contributed by atoms with Crippen LogP contribution in [0.2, 0.25) is 0 Å². The Balaban J connectivity index is 0.00000216. The molecule has 7 N–H and O–H groups in total. The number of fused-ring (bicyclic) bond motifs is 5. The van der Waals surface area contributed by atoms with Crippen LogP contribution in [0.3, 0.4) is 0 Å². The quantitative estimate of drug-likeness (QED) is 0.339. The molecule has 0 aromatic rings. The van der Waals surface area contributed by atoms with Crippen molar-refractivity contribution in [3.8, 4) is 0 Å². The van der Waals surface area contributed by atoms with Crippen LogP contribution in [0.15, 0.2) is 0 Å². The van der Waals surface area contributed by atoms with Crippen molar-refractivity contribution >= 4 is 41.4 Å². The molecule has 0 aliphatic heterocycles. The van der Waals surface area contributed by atoms with Gasteiger partial charge in [-0.3, -0.25) is 9.59 Å². The molecule has 9 heteroatoms. The van der Waals surface area contributed by atoms with Crippen LogP contribution in [0.25, 0.3) is 0 Å². The van der Waals surface area contributed by atoms with Crippen molar-refractivity contribution in [2.24, 2.45) is 46.3 Å². The van der Waals surface area contributed by atoms with Gasteiger partial charge in [-0.05, 0) is 97.7 Å². The standard InChI is InChI=1S/C26H43NO6.Na.H2O.H/c1-14(4-7-22(31)27-13-23(32)33)17-5-6-18-24-19(12-21(30)26(17,18)3)25(2)9-8-16(28)10-15(25)11-20(24)29;;;/h14-21,24,28-30H,4-13H2,1-3H3,(H,27,31)(H,32,33);;1H2;/t14-,15+,16-,17-,18+,19+,20-,21+,24+,25+,26-;;;/m1.../s1. The summed E-state index contributed by atoms with van der Waals surface area (Å²) in [6, 6.07) is 0. The minimum absolute atomic E-state index is 0. The molecule has 0 saturated heterocycles. The first-order chi connectivity index (χ1) is 15.5. The van der Waals surface area contributed by atoms with Crippen molar-refractivity contribution in [2.45, 2.75) is 96.9 Å². The van der Waals surface area contributed by atoms with Crippen LogP contribution in [0.4, 0.5) is 0 Å². The van der Waals surface area contributed by atoms with E-state index < -0.39 is 12.1 Å². The Bertz CT molecular complexity index is 768. The summed E-state index contributed by atoms with van der Waals surface area (Å²) >= 11 is 0. The summed E-state index contributed by atoms with van der Waals surface area (Å²) in [6.07, 6.45) is 5.86. The zero-order valence-corrected chi connectivity index (χ0v) is 20.9. The molecule has 0 radical (unpaired) electrons. The molecule has 0 aromatic carbocycles. The molecule has 4 aliphatic carbocycles. The number of hydrogen-bond acceptors (Lipinski definition) is 5. The van der Waals surface area contributed by atoms with Crippen LogP contribution >= 0.6 is 0 Å². The van der Waals surface area contributed by atoms with Gasteiger partial charge in [-0.2, -0.15) is 0 Å². The molecule has 0 bridgehead atoms. The number of nitrogens with one attached hydrogen (secondary N) is 1. The number of aliphatic carboxylic acids is 1. The Labute approximate surface area is 231 Å². The van der Waals surface area contributed by atoms with Gasteiger partial charge in [-0.25, -0.2) is 0 Å². The van der Waals surface area contributed by atoms with E-state index in [2.05, 4.69) is 26.1 Å². The van der Waals surface area contributed by atoms with E-state index >= 15 is 0 Å². The second kappa shape index (κ2) is 11.7. The number of aliphatic hydroxyl groups is 3. The van der Waals surface area contributed by atoms with Gasteiger partial charge in [0.25, 0.3) is 0 Å².